The molecule has 34 heavy (non-hydrogen) atoms. The first kappa shape index (κ1) is 26.4. The Morgan fingerprint density at radius 3 is 2.47 bits per heavy atom. The van der Waals surface area contributed by atoms with Gasteiger partial charge < -0.3 is 20.1 Å². The number of hydrogen-bond donors (Lipinski definition) is 3. The van der Waals surface area contributed by atoms with Crippen LogP contribution < -0.4 is 25.5 Å². The first-order valence-electron chi connectivity index (χ1n) is 11.2. The lowest BCUT2D eigenvalue weighted by Crippen LogP contribution is -2.39. The zero-order valence-electron chi connectivity index (χ0n) is 20.0. The van der Waals surface area contributed by atoms with E-state index in [1.54, 1.807) is 18.2 Å². The average molecular weight is 469 g/mol. The molecule has 0 bridgehead atoms. The quantitative estimate of drug-likeness (QED) is 0.266. The highest BCUT2D eigenvalue weighted by Crippen LogP contribution is 2.28. The lowest BCUT2D eigenvalue weighted by Gasteiger charge is -2.13. The normalized spacial score (nSPS) is 10.7. The number of hydrazone groups is 1. The predicted molar refractivity (Wildman–Crippen MR) is 131 cm³/mol. The van der Waals surface area contributed by atoms with E-state index in [0.717, 1.165) is 17.7 Å². The third kappa shape index (κ3) is 8.57. The second kappa shape index (κ2) is 13.6. The number of carbonyl (C=O) groups is 3. The molecule has 182 valence electrons. The van der Waals surface area contributed by atoms with E-state index < -0.39 is 11.8 Å². The van der Waals surface area contributed by atoms with Gasteiger partial charge in [-0.15, -0.1) is 0 Å². The molecular weight excluding hydrogens is 436 g/mol. The highest BCUT2D eigenvalue weighted by Gasteiger charge is 2.13. The van der Waals surface area contributed by atoms with Crippen molar-refractivity contribution in [1.82, 2.24) is 10.7 Å². The van der Waals surface area contributed by atoms with Crippen molar-refractivity contribution in [2.75, 3.05) is 25.1 Å². The summed E-state index contributed by atoms with van der Waals surface area (Å²) in [6.07, 6.45) is 2.19. The summed E-state index contributed by atoms with van der Waals surface area (Å²) in [4.78, 5) is 35.8. The number of aryl methyl sites for hydroxylation is 1. The molecule has 3 N–H and O–H groups in total. The van der Waals surface area contributed by atoms with Crippen molar-refractivity contribution in [2.24, 2.45) is 11.0 Å². The van der Waals surface area contributed by atoms with Crippen LogP contribution >= 0.6 is 0 Å². The Bertz CT molecular complexity index is 1020. The first-order valence-corrected chi connectivity index (χ1v) is 11.2. The number of benzene rings is 2. The summed E-state index contributed by atoms with van der Waals surface area (Å²) in [5.74, 6) is -0.824. The van der Waals surface area contributed by atoms with Gasteiger partial charge in [-0.1, -0.05) is 39.0 Å². The van der Waals surface area contributed by atoms with Crippen LogP contribution in [0.1, 0.15) is 38.8 Å². The fourth-order valence-corrected chi connectivity index (χ4v) is 2.87. The fraction of sp³-hybridized carbons (Fsp3) is 0.360. The molecule has 0 aliphatic heterocycles. The van der Waals surface area contributed by atoms with Crippen LogP contribution in [-0.4, -0.2) is 43.7 Å². The largest absolute Gasteiger partial charge is 0.490 e. The van der Waals surface area contributed by atoms with Gasteiger partial charge in [-0.25, -0.2) is 5.43 Å². The van der Waals surface area contributed by atoms with Gasteiger partial charge in [-0.2, -0.15) is 5.10 Å². The summed E-state index contributed by atoms with van der Waals surface area (Å²) in [5.41, 5.74) is 4.60. The van der Waals surface area contributed by atoms with Gasteiger partial charge >= 0.3 is 11.8 Å². The zero-order valence-corrected chi connectivity index (χ0v) is 20.0. The Labute approximate surface area is 199 Å². The summed E-state index contributed by atoms with van der Waals surface area (Å²) >= 11 is 0. The van der Waals surface area contributed by atoms with E-state index in [-0.39, 0.29) is 18.4 Å². The van der Waals surface area contributed by atoms with Gasteiger partial charge in [-0.05, 0) is 54.7 Å². The average Bonchev–Trinajstić information content (AvgIpc) is 2.82. The molecular formula is C25H32N4O5. The summed E-state index contributed by atoms with van der Waals surface area (Å²) < 4.78 is 11.3. The van der Waals surface area contributed by atoms with E-state index in [9.17, 15) is 14.4 Å². The van der Waals surface area contributed by atoms with Crippen LogP contribution in [0.15, 0.2) is 47.6 Å². The lowest BCUT2D eigenvalue weighted by atomic mass is 10.1. The van der Waals surface area contributed by atoms with E-state index >= 15 is 0 Å². The summed E-state index contributed by atoms with van der Waals surface area (Å²) in [6.45, 7) is 8.31. The Morgan fingerprint density at radius 2 is 1.76 bits per heavy atom. The van der Waals surface area contributed by atoms with Crippen LogP contribution in [0.5, 0.6) is 11.5 Å². The third-order valence-electron chi connectivity index (χ3n) is 4.56. The molecule has 9 heteroatoms. The lowest BCUT2D eigenvalue weighted by molar-refractivity contribution is -0.139. The minimum Gasteiger partial charge on any atom is -0.490 e. The minimum absolute atomic E-state index is 0.187. The molecule has 0 unspecified atom stereocenters. The topological polar surface area (TPSA) is 118 Å². The van der Waals surface area contributed by atoms with Crippen molar-refractivity contribution in [3.05, 3.63) is 53.6 Å². The molecule has 0 saturated heterocycles. The van der Waals surface area contributed by atoms with Gasteiger partial charge in [0.25, 0.3) is 5.91 Å². The van der Waals surface area contributed by atoms with Crippen molar-refractivity contribution < 1.29 is 23.9 Å². The molecule has 2 aromatic carbocycles. The summed E-state index contributed by atoms with van der Waals surface area (Å²) in [6, 6.07) is 12.6. The second-order valence-electron chi connectivity index (χ2n) is 7.79. The molecule has 0 spiro atoms. The maximum absolute atomic E-state index is 12.4. The van der Waals surface area contributed by atoms with E-state index in [1.165, 1.54) is 6.21 Å². The molecule has 0 atom stereocenters. The van der Waals surface area contributed by atoms with Crippen molar-refractivity contribution in [1.29, 1.82) is 0 Å². The Morgan fingerprint density at radius 1 is 1.00 bits per heavy atom. The fourth-order valence-electron chi connectivity index (χ4n) is 2.87. The highest BCUT2D eigenvalue weighted by molar-refractivity contribution is 6.35. The molecule has 3 amide bonds. The number of hydrogen-bond acceptors (Lipinski definition) is 6. The van der Waals surface area contributed by atoms with Gasteiger partial charge in [0.05, 0.1) is 12.8 Å². The Kier molecular flexibility index (Phi) is 10.6. The molecule has 0 aromatic heterocycles. The van der Waals surface area contributed by atoms with Gasteiger partial charge in [-0.3, -0.25) is 14.4 Å². The van der Waals surface area contributed by atoms with Crippen molar-refractivity contribution in [3.8, 4) is 11.5 Å². The monoisotopic (exact) mass is 468 g/mol. The Hall–Kier alpha value is -3.88. The van der Waals surface area contributed by atoms with Crippen LogP contribution in [0.4, 0.5) is 5.69 Å². The number of amides is 3. The minimum atomic E-state index is -0.849. The highest BCUT2D eigenvalue weighted by atomic mass is 16.5. The van der Waals surface area contributed by atoms with Gasteiger partial charge in [0.1, 0.15) is 0 Å². The second-order valence-corrected chi connectivity index (χ2v) is 7.79. The first-order chi connectivity index (χ1) is 16.3. The zero-order chi connectivity index (χ0) is 24.9. The molecule has 2 aromatic rings. The molecule has 0 heterocycles. The number of nitrogens with one attached hydrogen (secondary N) is 3. The number of nitrogens with zero attached hydrogens (tertiary/aromatic N) is 1. The molecule has 0 aliphatic carbocycles. The van der Waals surface area contributed by atoms with Crippen molar-refractivity contribution in [2.45, 2.75) is 34.1 Å². The van der Waals surface area contributed by atoms with Crippen LogP contribution in [0.3, 0.4) is 0 Å². The van der Waals surface area contributed by atoms with Gasteiger partial charge in [0.2, 0.25) is 0 Å². The third-order valence-corrected chi connectivity index (χ3v) is 4.56. The van der Waals surface area contributed by atoms with Crippen LogP contribution in [-0.2, 0) is 20.8 Å². The summed E-state index contributed by atoms with van der Waals surface area (Å²) in [7, 11) is 0. The molecule has 9 nitrogen and oxygen atoms in total. The molecule has 0 saturated carbocycles. The van der Waals surface area contributed by atoms with Crippen molar-refractivity contribution in [3.63, 3.8) is 0 Å². The van der Waals surface area contributed by atoms with Crippen LogP contribution in [0.25, 0.3) is 0 Å². The predicted octanol–water partition coefficient (Wildman–Crippen LogP) is 2.89. The van der Waals surface area contributed by atoms with Crippen LogP contribution in [0.2, 0.25) is 0 Å². The number of ether oxygens (including phenoxy) is 2. The number of carbonyl (C=O) groups excluding carboxylic acids is 3. The molecule has 0 radical (unpaired) electrons. The maximum atomic E-state index is 12.4. The van der Waals surface area contributed by atoms with Gasteiger partial charge in [0, 0.05) is 12.2 Å². The number of rotatable bonds is 11. The van der Waals surface area contributed by atoms with Crippen molar-refractivity contribution >= 4 is 29.6 Å². The number of para-hydroxylation sites is 1. The van der Waals surface area contributed by atoms with Crippen LogP contribution in [0, 0.1) is 5.92 Å². The maximum Gasteiger partial charge on any atom is 0.329 e. The molecule has 0 aliphatic rings. The molecule has 0 fully saturated rings. The number of anilines is 1. The van der Waals surface area contributed by atoms with E-state index in [0.29, 0.717) is 30.2 Å². The van der Waals surface area contributed by atoms with E-state index in [4.69, 9.17) is 9.47 Å². The molecule has 2 rings (SSSR count). The van der Waals surface area contributed by atoms with E-state index in [1.807, 2.05) is 52.0 Å². The van der Waals surface area contributed by atoms with E-state index in [2.05, 4.69) is 21.2 Å². The smallest absolute Gasteiger partial charge is 0.329 e. The standard InChI is InChI=1S/C25H32N4O5/c1-5-19-9-7-8-10-20(19)28-23(30)16-34-21-12-11-18(13-22(21)33-6-2)15-27-29-25(32)24(31)26-14-17(3)4/h7-13,15,17H,5-6,14,16H2,1-4H3,(H,26,31)(H,28,30)(H,29,32)/b27-15-. The Balaban J connectivity index is 1.96. The van der Waals surface area contributed by atoms with Gasteiger partial charge in [0.15, 0.2) is 18.1 Å². The SMILES string of the molecule is CCOc1cc(/C=N\NC(=O)C(=O)NCC(C)C)ccc1OCC(=O)Nc1ccccc1CC. The summed E-state index contributed by atoms with van der Waals surface area (Å²) in [5, 5.41) is 9.18.